The van der Waals surface area contributed by atoms with Crippen LogP contribution in [0.3, 0.4) is 0 Å². The number of aliphatic carboxylic acids is 1. The zero-order valence-electron chi connectivity index (χ0n) is 11.1. The van der Waals surface area contributed by atoms with Gasteiger partial charge in [-0.05, 0) is 18.6 Å². The molecule has 3 N–H and O–H groups in total. The predicted octanol–water partition coefficient (Wildman–Crippen LogP) is 0.289. The summed E-state index contributed by atoms with van der Waals surface area (Å²) in [6.45, 7) is 2.55. The van der Waals surface area contributed by atoms with Gasteiger partial charge in [-0.25, -0.2) is 4.79 Å². The summed E-state index contributed by atoms with van der Waals surface area (Å²) in [6, 6.07) is 2.81. The highest BCUT2D eigenvalue weighted by Gasteiger charge is 2.34. The molecule has 1 saturated heterocycles. The Morgan fingerprint density at radius 1 is 1.50 bits per heavy atom. The number of ether oxygens (including phenoxy) is 1. The molecule has 0 aromatic carbocycles. The average molecular weight is 279 g/mol. The van der Waals surface area contributed by atoms with E-state index >= 15 is 0 Å². The second-order valence-corrected chi connectivity index (χ2v) is 4.68. The van der Waals surface area contributed by atoms with E-state index in [1.807, 2.05) is 19.1 Å². The van der Waals surface area contributed by atoms with Crippen LogP contribution < -0.4 is 10.6 Å². The molecule has 0 aliphatic carbocycles. The van der Waals surface area contributed by atoms with Gasteiger partial charge in [-0.3, -0.25) is 9.78 Å². The van der Waals surface area contributed by atoms with Crippen molar-refractivity contribution in [1.29, 1.82) is 0 Å². The molecule has 20 heavy (non-hydrogen) atoms. The molecule has 7 nitrogen and oxygen atoms in total. The fourth-order valence-electron chi connectivity index (χ4n) is 2.03. The number of rotatable bonds is 4. The van der Waals surface area contributed by atoms with Crippen LogP contribution in [0.4, 0.5) is 4.79 Å². The molecule has 2 unspecified atom stereocenters. The standard InChI is InChI=1S/C13H17N3O4/c1-8-3-2-4-14-10(8)5-15-13(19)16-11-7-20-6-9(11)12(17)18/h2-4,9,11H,5-7H2,1H3,(H,17,18)(H2,15,16,19). The Bertz CT molecular complexity index is 506. The number of hydrogen-bond acceptors (Lipinski definition) is 4. The Hall–Kier alpha value is -2.15. The van der Waals surface area contributed by atoms with E-state index in [-0.39, 0.29) is 13.2 Å². The van der Waals surface area contributed by atoms with Crippen LogP contribution in [0.5, 0.6) is 0 Å². The largest absolute Gasteiger partial charge is 0.481 e. The zero-order chi connectivity index (χ0) is 14.5. The number of carboxylic acid groups (broad SMARTS) is 1. The maximum atomic E-state index is 11.8. The van der Waals surface area contributed by atoms with E-state index < -0.39 is 24.0 Å². The summed E-state index contributed by atoms with van der Waals surface area (Å²) < 4.78 is 5.08. The number of aromatic nitrogens is 1. The fraction of sp³-hybridized carbons (Fsp3) is 0.462. The molecule has 7 heteroatoms. The first-order chi connectivity index (χ1) is 9.58. The number of pyridine rings is 1. The Morgan fingerprint density at radius 2 is 2.30 bits per heavy atom. The van der Waals surface area contributed by atoms with E-state index in [1.165, 1.54) is 0 Å². The van der Waals surface area contributed by atoms with Crippen LogP contribution in [0.25, 0.3) is 0 Å². The van der Waals surface area contributed by atoms with Crippen molar-refractivity contribution in [1.82, 2.24) is 15.6 Å². The van der Waals surface area contributed by atoms with Crippen LogP contribution >= 0.6 is 0 Å². The number of urea groups is 1. The molecule has 0 saturated carbocycles. The summed E-state index contributed by atoms with van der Waals surface area (Å²) in [5, 5.41) is 14.3. The van der Waals surface area contributed by atoms with Gasteiger partial charge in [-0.1, -0.05) is 6.07 Å². The Kier molecular flexibility index (Phi) is 4.52. The molecule has 2 amide bonds. The summed E-state index contributed by atoms with van der Waals surface area (Å²) >= 11 is 0. The highest BCUT2D eigenvalue weighted by atomic mass is 16.5. The van der Waals surface area contributed by atoms with Crippen LogP contribution in [0, 0.1) is 12.8 Å². The van der Waals surface area contributed by atoms with Gasteiger partial charge in [0.05, 0.1) is 31.5 Å². The second-order valence-electron chi connectivity index (χ2n) is 4.68. The molecular weight excluding hydrogens is 262 g/mol. The van der Waals surface area contributed by atoms with Crippen molar-refractivity contribution in [2.75, 3.05) is 13.2 Å². The van der Waals surface area contributed by atoms with E-state index in [9.17, 15) is 9.59 Å². The lowest BCUT2D eigenvalue weighted by Gasteiger charge is -2.16. The van der Waals surface area contributed by atoms with E-state index in [4.69, 9.17) is 9.84 Å². The molecule has 2 atom stereocenters. The van der Waals surface area contributed by atoms with Gasteiger partial charge in [0, 0.05) is 6.20 Å². The van der Waals surface area contributed by atoms with Crippen molar-refractivity contribution in [2.24, 2.45) is 5.92 Å². The number of nitrogens with zero attached hydrogens (tertiary/aromatic N) is 1. The molecule has 0 spiro atoms. The van der Waals surface area contributed by atoms with Gasteiger partial charge < -0.3 is 20.5 Å². The van der Waals surface area contributed by atoms with Crippen LogP contribution in [0.1, 0.15) is 11.3 Å². The third-order valence-corrected chi connectivity index (χ3v) is 3.25. The highest BCUT2D eigenvalue weighted by molar-refractivity contribution is 5.77. The quantitative estimate of drug-likeness (QED) is 0.735. The first-order valence-electron chi connectivity index (χ1n) is 6.33. The van der Waals surface area contributed by atoms with Gasteiger partial charge in [0.2, 0.25) is 0 Å². The van der Waals surface area contributed by atoms with Crippen LogP contribution in [0.2, 0.25) is 0 Å². The molecule has 2 heterocycles. The molecule has 2 rings (SSSR count). The monoisotopic (exact) mass is 279 g/mol. The fourth-order valence-corrected chi connectivity index (χ4v) is 2.03. The number of aryl methyl sites for hydroxylation is 1. The van der Waals surface area contributed by atoms with Crippen LogP contribution in [0.15, 0.2) is 18.3 Å². The Labute approximate surface area is 116 Å². The van der Waals surface area contributed by atoms with E-state index in [1.54, 1.807) is 6.20 Å². The lowest BCUT2D eigenvalue weighted by atomic mass is 10.0. The number of carboxylic acids is 1. The lowest BCUT2D eigenvalue weighted by Crippen LogP contribution is -2.47. The van der Waals surface area contributed by atoms with E-state index in [2.05, 4.69) is 15.6 Å². The third-order valence-electron chi connectivity index (χ3n) is 3.25. The molecule has 0 radical (unpaired) electrons. The lowest BCUT2D eigenvalue weighted by molar-refractivity contribution is -0.142. The molecule has 0 bridgehead atoms. The molecule has 1 fully saturated rings. The maximum Gasteiger partial charge on any atom is 0.315 e. The van der Waals surface area contributed by atoms with Gasteiger partial charge in [0.1, 0.15) is 5.92 Å². The minimum Gasteiger partial charge on any atom is -0.481 e. The first-order valence-corrected chi connectivity index (χ1v) is 6.33. The van der Waals surface area contributed by atoms with Gasteiger partial charge in [-0.2, -0.15) is 0 Å². The number of nitrogens with one attached hydrogen (secondary N) is 2. The molecule has 1 aromatic heterocycles. The second kappa shape index (κ2) is 6.33. The van der Waals surface area contributed by atoms with E-state index in [0.717, 1.165) is 11.3 Å². The molecule has 108 valence electrons. The van der Waals surface area contributed by atoms with Crippen molar-refractivity contribution in [2.45, 2.75) is 19.5 Å². The molecule has 1 aliphatic rings. The van der Waals surface area contributed by atoms with E-state index in [0.29, 0.717) is 6.54 Å². The van der Waals surface area contributed by atoms with Crippen molar-refractivity contribution in [3.63, 3.8) is 0 Å². The maximum absolute atomic E-state index is 11.8. The van der Waals surface area contributed by atoms with Crippen molar-refractivity contribution >= 4 is 12.0 Å². The SMILES string of the molecule is Cc1cccnc1CNC(=O)NC1COCC1C(=O)O. The van der Waals surface area contributed by atoms with Gasteiger partial charge in [0.25, 0.3) is 0 Å². The van der Waals surface area contributed by atoms with Gasteiger partial charge >= 0.3 is 12.0 Å². The average Bonchev–Trinajstić information content (AvgIpc) is 2.86. The zero-order valence-corrected chi connectivity index (χ0v) is 11.1. The van der Waals surface area contributed by atoms with Gasteiger partial charge in [-0.15, -0.1) is 0 Å². The van der Waals surface area contributed by atoms with Crippen molar-refractivity contribution in [3.8, 4) is 0 Å². The summed E-state index contributed by atoms with van der Waals surface area (Å²) in [4.78, 5) is 26.9. The number of hydrogen-bond donors (Lipinski definition) is 3. The third kappa shape index (κ3) is 3.45. The first kappa shape index (κ1) is 14.3. The summed E-state index contributed by atoms with van der Waals surface area (Å²) in [7, 11) is 0. The highest BCUT2D eigenvalue weighted by Crippen LogP contribution is 2.13. The minimum atomic E-state index is -0.964. The number of carbonyl (C=O) groups is 2. The molecule has 1 aromatic rings. The summed E-state index contributed by atoms with van der Waals surface area (Å²) in [5.74, 6) is -1.66. The van der Waals surface area contributed by atoms with Crippen LogP contribution in [-0.4, -0.2) is 41.3 Å². The molecule has 1 aliphatic heterocycles. The van der Waals surface area contributed by atoms with Gasteiger partial charge in [0.15, 0.2) is 0 Å². The number of amides is 2. The smallest absolute Gasteiger partial charge is 0.315 e. The number of carbonyl (C=O) groups excluding carboxylic acids is 1. The summed E-state index contributed by atoms with van der Waals surface area (Å²) in [6.07, 6.45) is 1.66. The summed E-state index contributed by atoms with van der Waals surface area (Å²) in [5.41, 5.74) is 1.76. The predicted molar refractivity (Wildman–Crippen MR) is 70.1 cm³/mol. The Morgan fingerprint density at radius 3 is 3.00 bits per heavy atom. The van der Waals surface area contributed by atoms with Crippen LogP contribution in [-0.2, 0) is 16.1 Å². The molecular formula is C13H17N3O4. The normalized spacial score (nSPS) is 21.4. The minimum absolute atomic E-state index is 0.125. The van der Waals surface area contributed by atoms with Crippen molar-refractivity contribution in [3.05, 3.63) is 29.6 Å². The topological polar surface area (TPSA) is 101 Å². The van der Waals surface area contributed by atoms with Crippen molar-refractivity contribution < 1.29 is 19.4 Å². The Balaban J connectivity index is 1.84.